The summed E-state index contributed by atoms with van der Waals surface area (Å²) in [6.07, 6.45) is 2.07. The van der Waals surface area contributed by atoms with E-state index in [4.69, 9.17) is 0 Å². The fraction of sp³-hybridized carbons (Fsp3) is 0.286. The molecule has 0 saturated carbocycles. The van der Waals surface area contributed by atoms with E-state index in [1.165, 1.54) is 12.3 Å². The van der Waals surface area contributed by atoms with Crippen molar-refractivity contribution in [3.8, 4) is 0 Å². The van der Waals surface area contributed by atoms with Crippen molar-refractivity contribution in [3.63, 3.8) is 0 Å². The Morgan fingerprint density at radius 1 is 1.70 bits per heavy atom. The zero-order chi connectivity index (χ0) is 7.56. The molecule has 0 fully saturated rings. The number of hydrogen-bond donors (Lipinski definition) is 0. The lowest BCUT2D eigenvalue weighted by atomic mass is 10.2. The number of rotatable bonds is 1. The molecule has 0 atom stereocenters. The average molecular weight is 251 g/mol. The molecule has 0 aliphatic heterocycles. The first-order chi connectivity index (χ1) is 4.74. The maximum absolute atomic E-state index is 12.5. The molecule has 54 valence electrons. The summed E-state index contributed by atoms with van der Waals surface area (Å²) in [6, 6.07) is 1.52. The van der Waals surface area contributed by atoms with E-state index in [1.807, 2.05) is 6.92 Å². The van der Waals surface area contributed by atoms with E-state index in [2.05, 4.69) is 27.6 Å². The Balaban J connectivity index is 3.09. The lowest BCUT2D eigenvalue weighted by molar-refractivity contribution is 0.617. The highest BCUT2D eigenvalue weighted by molar-refractivity contribution is 14.1. The Morgan fingerprint density at radius 3 is 2.90 bits per heavy atom. The lowest BCUT2D eigenvalue weighted by Crippen LogP contribution is -1.91. The van der Waals surface area contributed by atoms with Gasteiger partial charge in [0.1, 0.15) is 9.52 Å². The third kappa shape index (κ3) is 1.65. The van der Waals surface area contributed by atoms with Crippen LogP contribution in [0.5, 0.6) is 0 Å². The Kier molecular flexibility index (Phi) is 2.59. The number of hydrogen-bond acceptors (Lipinski definition) is 1. The van der Waals surface area contributed by atoms with Crippen LogP contribution in [-0.2, 0) is 6.42 Å². The molecule has 0 spiro atoms. The molecule has 0 saturated heterocycles. The van der Waals surface area contributed by atoms with Crippen molar-refractivity contribution in [1.29, 1.82) is 0 Å². The molecular formula is C7H7FIN. The van der Waals surface area contributed by atoms with Gasteiger partial charge in [0.05, 0.1) is 6.20 Å². The summed E-state index contributed by atoms with van der Waals surface area (Å²) in [6.45, 7) is 1.98. The standard InChI is InChI=1S/C7H7FIN/c1-2-5-3-6(8)4-10-7(5)9/h3-4H,2H2,1H3. The second-order valence-electron chi connectivity index (χ2n) is 1.96. The van der Waals surface area contributed by atoms with Crippen LogP contribution < -0.4 is 0 Å². The van der Waals surface area contributed by atoms with Crippen molar-refractivity contribution in [2.45, 2.75) is 13.3 Å². The van der Waals surface area contributed by atoms with Gasteiger partial charge in [-0.1, -0.05) is 6.92 Å². The third-order valence-corrected chi connectivity index (χ3v) is 2.23. The van der Waals surface area contributed by atoms with Crippen molar-refractivity contribution in [1.82, 2.24) is 4.98 Å². The molecule has 0 bridgehead atoms. The van der Waals surface area contributed by atoms with Gasteiger partial charge in [0.25, 0.3) is 0 Å². The number of halogens is 2. The minimum absolute atomic E-state index is 0.253. The normalized spacial score (nSPS) is 9.90. The Bertz CT molecular complexity index is 237. The second-order valence-corrected chi connectivity index (χ2v) is 2.98. The van der Waals surface area contributed by atoms with Crippen LogP contribution in [0.1, 0.15) is 12.5 Å². The summed E-state index contributed by atoms with van der Waals surface area (Å²) in [4.78, 5) is 3.86. The number of aromatic nitrogens is 1. The van der Waals surface area contributed by atoms with Crippen LogP contribution in [0.2, 0.25) is 0 Å². The van der Waals surface area contributed by atoms with Gasteiger partial charge in [-0.2, -0.15) is 0 Å². The van der Waals surface area contributed by atoms with E-state index < -0.39 is 0 Å². The highest BCUT2D eigenvalue weighted by Crippen LogP contribution is 2.10. The van der Waals surface area contributed by atoms with Gasteiger partial charge in [0, 0.05) is 0 Å². The minimum atomic E-state index is -0.253. The molecule has 1 heterocycles. The van der Waals surface area contributed by atoms with Crippen molar-refractivity contribution < 1.29 is 4.39 Å². The van der Waals surface area contributed by atoms with E-state index in [1.54, 1.807) is 0 Å². The molecule has 0 N–H and O–H groups in total. The summed E-state index contributed by atoms with van der Waals surface area (Å²) in [5, 5.41) is 0. The van der Waals surface area contributed by atoms with Gasteiger partial charge in [0.2, 0.25) is 0 Å². The van der Waals surface area contributed by atoms with Crippen LogP contribution in [0.15, 0.2) is 12.3 Å². The molecule has 0 radical (unpaired) electrons. The molecule has 1 aromatic heterocycles. The molecule has 0 aromatic carbocycles. The second kappa shape index (κ2) is 3.27. The van der Waals surface area contributed by atoms with E-state index in [9.17, 15) is 4.39 Å². The van der Waals surface area contributed by atoms with Crippen LogP contribution in [0, 0.1) is 9.52 Å². The van der Waals surface area contributed by atoms with Gasteiger partial charge >= 0.3 is 0 Å². The predicted octanol–water partition coefficient (Wildman–Crippen LogP) is 2.39. The first kappa shape index (κ1) is 7.91. The molecule has 0 amide bonds. The molecule has 1 rings (SSSR count). The van der Waals surface area contributed by atoms with Gasteiger partial charge < -0.3 is 0 Å². The molecule has 0 aliphatic carbocycles. The van der Waals surface area contributed by atoms with Gasteiger partial charge in [-0.15, -0.1) is 0 Å². The van der Waals surface area contributed by atoms with Gasteiger partial charge in [-0.05, 0) is 40.6 Å². The highest BCUT2D eigenvalue weighted by Gasteiger charge is 1.98. The zero-order valence-electron chi connectivity index (χ0n) is 5.56. The average Bonchev–Trinajstić information content (AvgIpc) is 1.94. The fourth-order valence-corrected chi connectivity index (χ4v) is 1.39. The summed E-state index contributed by atoms with van der Waals surface area (Å²) in [5.74, 6) is -0.253. The SMILES string of the molecule is CCc1cc(F)cnc1I. The zero-order valence-corrected chi connectivity index (χ0v) is 7.72. The summed E-state index contributed by atoms with van der Waals surface area (Å²) in [7, 11) is 0. The van der Waals surface area contributed by atoms with Crippen LogP contribution in [0.4, 0.5) is 4.39 Å². The quantitative estimate of drug-likeness (QED) is 0.551. The smallest absolute Gasteiger partial charge is 0.141 e. The largest absolute Gasteiger partial charge is 0.247 e. The molecule has 0 aliphatic rings. The van der Waals surface area contributed by atoms with Gasteiger partial charge in [0.15, 0.2) is 0 Å². The number of pyridine rings is 1. The van der Waals surface area contributed by atoms with Crippen molar-refractivity contribution in [3.05, 3.63) is 27.3 Å². The van der Waals surface area contributed by atoms with Crippen LogP contribution in [-0.4, -0.2) is 4.98 Å². The molecule has 3 heteroatoms. The maximum Gasteiger partial charge on any atom is 0.141 e. The van der Waals surface area contributed by atoms with E-state index >= 15 is 0 Å². The summed E-state index contributed by atoms with van der Waals surface area (Å²) >= 11 is 2.10. The first-order valence-corrected chi connectivity index (χ1v) is 4.12. The fourth-order valence-electron chi connectivity index (χ4n) is 0.712. The van der Waals surface area contributed by atoms with Crippen LogP contribution in [0.25, 0.3) is 0 Å². The topological polar surface area (TPSA) is 12.9 Å². The van der Waals surface area contributed by atoms with Crippen molar-refractivity contribution in [2.24, 2.45) is 0 Å². The van der Waals surface area contributed by atoms with Crippen molar-refractivity contribution in [2.75, 3.05) is 0 Å². The molecule has 1 nitrogen and oxygen atoms in total. The molecular weight excluding hydrogens is 244 g/mol. The minimum Gasteiger partial charge on any atom is -0.247 e. The Labute approximate surface area is 72.8 Å². The number of nitrogens with zero attached hydrogens (tertiary/aromatic N) is 1. The van der Waals surface area contributed by atoms with E-state index in [0.717, 1.165) is 15.7 Å². The summed E-state index contributed by atoms with van der Waals surface area (Å²) in [5.41, 5.74) is 0.973. The van der Waals surface area contributed by atoms with E-state index in [-0.39, 0.29) is 5.82 Å². The Hall–Kier alpha value is -0.190. The van der Waals surface area contributed by atoms with Crippen LogP contribution >= 0.6 is 22.6 Å². The first-order valence-electron chi connectivity index (χ1n) is 3.04. The molecule has 1 aromatic rings. The Morgan fingerprint density at radius 2 is 2.40 bits per heavy atom. The number of aryl methyl sites for hydroxylation is 1. The van der Waals surface area contributed by atoms with Gasteiger partial charge in [-0.25, -0.2) is 9.37 Å². The predicted molar refractivity (Wildman–Crippen MR) is 46.3 cm³/mol. The monoisotopic (exact) mass is 251 g/mol. The van der Waals surface area contributed by atoms with Crippen molar-refractivity contribution >= 4 is 22.6 Å². The molecule has 10 heavy (non-hydrogen) atoms. The summed E-state index contributed by atoms with van der Waals surface area (Å²) < 4.78 is 13.4. The highest BCUT2D eigenvalue weighted by atomic mass is 127. The van der Waals surface area contributed by atoms with E-state index in [0.29, 0.717) is 0 Å². The maximum atomic E-state index is 12.5. The third-order valence-electron chi connectivity index (χ3n) is 1.26. The van der Waals surface area contributed by atoms with Crippen LogP contribution in [0.3, 0.4) is 0 Å². The lowest BCUT2D eigenvalue weighted by Gasteiger charge is -1.97. The molecule has 0 unspecified atom stereocenters. The van der Waals surface area contributed by atoms with Gasteiger partial charge in [-0.3, -0.25) is 0 Å².